The van der Waals surface area contributed by atoms with Gasteiger partial charge in [-0.3, -0.25) is 9.59 Å². The van der Waals surface area contributed by atoms with Gasteiger partial charge in [0.05, 0.1) is 0 Å². The van der Waals surface area contributed by atoms with E-state index in [9.17, 15) is 29.4 Å². The van der Waals surface area contributed by atoms with Gasteiger partial charge >= 0.3 is 17.1 Å². The van der Waals surface area contributed by atoms with E-state index in [2.05, 4.69) is 27.7 Å². The van der Waals surface area contributed by atoms with Gasteiger partial charge in [-0.15, -0.1) is 0 Å². The van der Waals surface area contributed by atoms with Gasteiger partial charge in [-0.1, -0.05) is 182 Å². The molecule has 0 aromatic rings. The Kier molecular flexibility index (Phi) is 41.9. The maximum atomic E-state index is 12.1. The standard InChI is InChI=1S/2C20H38O3.Mn/c2*1-3-5-7-9-11-13-15-18(19(21)17-20(22)23)16-14-12-10-8-6-4-2;/h2*18H,3-17H2,1-2H3,(H,22,23);/q;;+2/p-2. The van der Waals surface area contributed by atoms with Gasteiger partial charge in [0.2, 0.25) is 0 Å². The van der Waals surface area contributed by atoms with Crippen LogP contribution < -0.4 is 10.2 Å². The van der Waals surface area contributed by atoms with E-state index in [1.807, 2.05) is 0 Å². The topological polar surface area (TPSA) is 114 Å². The van der Waals surface area contributed by atoms with Crippen molar-refractivity contribution in [1.82, 2.24) is 0 Å². The minimum atomic E-state index is -1.23. The number of carbonyl (C=O) groups excluding carboxylic acids is 4. The maximum Gasteiger partial charge on any atom is 2.00 e. The van der Waals surface area contributed by atoms with Gasteiger partial charge in [-0.25, -0.2) is 0 Å². The minimum Gasteiger partial charge on any atom is -0.550 e. The van der Waals surface area contributed by atoms with Crippen molar-refractivity contribution in [3.8, 4) is 0 Å². The molecule has 277 valence electrons. The molecule has 0 N–H and O–H groups in total. The molecule has 0 saturated carbocycles. The second-order valence-corrected chi connectivity index (χ2v) is 13.6. The summed E-state index contributed by atoms with van der Waals surface area (Å²) in [6.07, 6.45) is 31.5. The normalized spacial score (nSPS) is 10.9. The predicted octanol–water partition coefficient (Wildman–Crippen LogP) is 9.62. The van der Waals surface area contributed by atoms with Crippen LogP contribution in [0.2, 0.25) is 0 Å². The van der Waals surface area contributed by atoms with Crippen LogP contribution in [0.15, 0.2) is 0 Å². The molecule has 0 rings (SSSR count). The smallest absolute Gasteiger partial charge is 0.550 e. The molecular weight excluding hydrogens is 631 g/mol. The molecule has 0 spiro atoms. The van der Waals surface area contributed by atoms with Crippen LogP contribution in [0.5, 0.6) is 0 Å². The number of ketones is 2. The molecule has 7 heteroatoms. The molecule has 0 amide bonds. The number of hydrogen-bond acceptors (Lipinski definition) is 6. The van der Waals surface area contributed by atoms with Crippen LogP contribution in [0.25, 0.3) is 0 Å². The number of Topliss-reactive ketones (excluding diaryl/α,β-unsaturated/α-hetero) is 2. The number of aliphatic carboxylic acids is 2. The van der Waals surface area contributed by atoms with Gasteiger partial charge in [0.15, 0.2) is 0 Å². The van der Waals surface area contributed by atoms with Crippen LogP contribution in [-0.4, -0.2) is 23.5 Å². The van der Waals surface area contributed by atoms with Crippen LogP contribution in [0.1, 0.15) is 220 Å². The second-order valence-electron chi connectivity index (χ2n) is 13.6. The molecule has 0 fully saturated rings. The van der Waals surface area contributed by atoms with Crippen LogP contribution in [0.4, 0.5) is 0 Å². The quantitative estimate of drug-likeness (QED) is 0.0374. The Labute approximate surface area is 301 Å². The first-order valence-electron chi connectivity index (χ1n) is 19.7. The summed E-state index contributed by atoms with van der Waals surface area (Å²) in [5.41, 5.74) is 0. The summed E-state index contributed by atoms with van der Waals surface area (Å²) >= 11 is 0. The minimum absolute atomic E-state index is 0. The predicted molar refractivity (Wildman–Crippen MR) is 188 cm³/mol. The summed E-state index contributed by atoms with van der Waals surface area (Å²) < 4.78 is 0. The van der Waals surface area contributed by atoms with E-state index in [-0.39, 0.29) is 40.5 Å². The third kappa shape index (κ3) is 37.5. The van der Waals surface area contributed by atoms with Crippen molar-refractivity contribution >= 4 is 23.5 Å². The molecule has 6 nitrogen and oxygen atoms in total. The van der Waals surface area contributed by atoms with Crippen molar-refractivity contribution in [2.24, 2.45) is 11.8 Å². The third-order valence-corrected chi connectivity index (χ3v) is 9.17. The molecule has 1 radical (unpaired) electrons. The Hall–Kier alpha value is -1.20. The number of unbranched alkanes of at least 4 members (excludes halogenated alkanes) is 20. The molecular formula is C40H74MnO6. The second kappa shape index (κ2) is 39.2. The van der Waals surface area contributed by atoms with Crippen LogP contribution in [-0.2, 0) is 36.2 Å². The molecule has 0 bridgehead atoms. The van der Waals surface area contributed by atoms with Gasteiger partial charge in [0, 0.05) is 36.6 Å². The molecule has 0 unspecified atom stereocenters. The number of carboxylic acid groups (broad SMARTS) is 2. The van der Waals surface area contributed by atoms with E-state index in [0.29, 0.717) is 0 Å². The van der Waals surface area contributed by atoms with Crippen molar-refractivity contribution < 1.29 is 46.5 Å². The van der Waals surface area contributed by atoms with Crippen molar-refractivity contribution in [2.45, 2.75) is 220 Å². The number of carbonyl (C=O) groups is 4. The van der Waals surface area contributed by atoms with Crippen molar-refractivity contribution in [2.75, 3.05) is 0 Å². The molecule has 0 aliphatic heterocycles. The Morgan fingerprint density at radius 1 is 0.362 bits per heavy atom. The molecule has 0 aliphatic rings. The van der Waals surface area contributed by atoms with Gasteiger partial charge in [-0.2, -0.15) is 0 Å². The maximum absolute atomic E-state index is 12.1. The molecule has 0 saturated heterocycles. The summed E-state index contributed by atoms with van der Waals surface area (Å²) in [6.45, 7) is 8.81. The Balaban J connectivity index is -0.000000807. The van der Waals surface area contributed by atoms with Crippen LogP contribution in [0.3, 0.4) is 0 Å². The van der Waals surface area contributed by atoms with Crippen LogP contribution in [0, 0.1) is 11.8 Å². The molecule has 0 aromatic carbocycles. The number of hydrogen-bond donors (Lipinski definition) is 0. The molecule has 0 heterocycles. The van der Waals surface area contributed by atoms with Crippen molar-refractivity contribution in [1.29, 1.82) is 0 Å². The Bertz CT molecular complexity index is 634. The van der Waals surface area contributed by atoms with Gasteiger partial charge in [0.1, 0.15) is 11.6 Å². The largest absolute Gasteiger partial charge is 2.00 e. The SMILES string of the molecule is CCCCCCCCC(CCCCCCCC)C(=O)CC(=O)[O-].CCCCCCCCC(CCCCCCCC)C(=O)CC(=O)[O-].[Mn+2]. The van der Waals surface area contributed by atoms with E-state index in [4.69, 9.17) is 0 Å². The van der Waals surface area contributed by atoms with E-state index in [1.54, 1.807) is 0 Å². The first-order chi connectivity index (χ1) is 22.2. The monoisotopic (exact) mass is 705 g/mol. The van der Waals surface area contributed by atoms with Crippen molar-refractivity contribution in [3.63, 3.8) is 0 Å². The first kappa shape index (κ1) is 50.2. The van der Waals surface area contributed by atoms with E-state index in [0.717, 1.165) is 77.0 Å². The van der Waals surface area contributed by atoms with Gasteiger partial charge in [-0.05, 0) is 25.7 Å². The summed E-state index contributed by atoms with van der Waals surface area (Å²) in [5, 5.41) is 21.4. The Morgan fingerprint density at radius 3 is 0.745 bits per heavy atom. The van der Waals surface area contributed by atoms with Crippen LogP contribution >= 0.6 is 0 Å². The zero-order valence-corrected chi connectivity index (χ0v) is 32.4. The van der Waals surface area contributed by atoms with Gasteiger partial charge < -0.3 is 19.8 Å². The fourth-order valence-corrected chi connectivity index (χ4v) is 6.19. The van der Waals surface area contributed by atoms with E-state index >= 15 is 0 Å². The van der Waals surface area contributed by atoms with E-state index in [1.165, 1.54) is 103 Å². The molecule has 0 aromatic heterocycles. The zero-order chi connectivity index (χ0) is 34.7. The number of carboxylic acids is 2. The third-order valence-electron chi connectivity index (χ3n) is 9.17. The fraction of sp³-hybridized carbons (Fsp3) is 0.900. The summed E-state index contributed by atoms with van der Waals surface area (Å²) in [7, 11) is 0. The molecule has 47 heavy (non-hydrogen) atoms. The van der Waals surface area contributed by atoms with Gasteiger partial charge in [0.25, 0.3) is 0 Å². The number of rotatable bonds is 34. The summed E-state index contributed by atoms with van der Waals surface area (Å²) in [5.74, 6) is -2.83. The Morgan fingerprint density at radius 2 is 0.553 bits per heavy atom. The summed E-state index contributed by atoms with van der Waals surface area (Å²) in [6, 6.07) is 0. The average Bonchev–Trinajstić information content (AvgIpc) is 3.01. The molecule has 0 atom stereocenters. The average molecular weight is 706 g/mol. The van der Waals surface area contributed by atoms with E-state index < -0.39 is 24.8 Å². The molecule has 0 aliphatic carbocycles. The zero-order valence-electron chi connectivity index (χ0n) is 31.2. The van der Waals surface area contributed by atoms with Crippen molar-refractivity contribution in [3.05, 3.63) is 0 Å². The first-order valence-corrected chi connectivity index (χ1v) is 19.7. The fourth-order valence-electron chi connectivity index (χ4n) is 6.19. The summed E-state index contributed by atoms with van der Waals surface area (Å²) in [4.78, 5) is 45.5.